The van der Waals surface area contributed by atoms with E-state index in [1.807, 2.05) is 29.2 Å². The standard InChI is InChI=1S/C24H25FN6O2/c1-15-6-5-11-30(21(15)14-26-24-29-19-7-3-4-8-22(19)33-24)23(32)17-13-18(25)16(2)12-20(17)31-27-9-10-28-31/h3-4,7-10,12-13,15,21H,5-6,11,14H2,1-2H3,(H,26,29)/t15-,21-/m1/s1. The van der Waals surface area contributed by atoms with Crippen LogP contribution in [0.15, 0.2) is 53.2 Å². The van der Waals surface area contributed by atoms with E-state index in [1.165, 1.54) is 23.3 Å². The van der Waals surface area contributed by atoms with E-state index in [-0.39, 0.29) is 23.4 Å². The van der Waals surface area contributed by atoms with Crippen LogP contribution in [0.3, 0.4) is 0 Å². The van der Waals surface area contributed by atoms with Crippen molar-refractivity contribution < 1.29 is 13.6 Å². The number of carbonyl (C=O) groups excluding carboxylic acids is 1. The molecule has 0 radical (unpaired) electrons. The number of amides is 1. The maximum Gasteiger partial charge on any atom is 0.295 e. The summed E-state index contributed by atoms with van der Waals surface area (Å²) in [5.41, 5.74) is 2.62. The Morgan fingerprint density at radius 2 is 2.03 bits per heavy atom. The average molecular weight is 449 g/mol. The van der Waals surface area contributed by atoms with E-state index in [0.717, 1.165) is 18.4 Å². The molecule has 5 rings (SSSR count). The minimum absolute atomic E-state index is 0.107. The van der Waals surface area contributed by atoms with E-state index in [2.05, 4.69) is 27.4 Å². The van der Waals surface area contributed by atoms with Gasteiger partial charge in [0.05, 0.1) is 29.7 Å². The first-order valence-electron chi connectivity index (χ1n) is 11.1. The highest BCUT2D eigenvalue weighted by molar-refractivity contribution is 5.98. The van der Waals surface area contributed by atoms with Crippen LogP contribution in [0.25, 0.3) is 16.8 Å². The predicted octanol–water partition coefficient (Wildman–Crippen LogP) is 4.21. The van der Waals surface area contributed by atoms with Crippen LogP contribution in [0.4, 0.5) is 10.4 Å². The first kappa shape index (κ1) is 21.1. The van der Waals surface area contributed by atoms with Crippen molar-refractivity contribution in [2.45, 2.75) is 32.7 Å². The predicted molar refractivity (Wildman–Crippen MR) is 122 cm³/mol. The fraction of sp³-hybridized carbons (Fsp3) is 0.333. The third-order valence-electron chi connectivity index (χ3n) is 6.27. The second kappa shape index (κ2) is 8.65. The van der Waals surface area contributed by atoms with Gasteiger partial charge in [0, 0.05) is 13.1 Å². The van der Waals surface area contributed by atoms with Crippen molar-refractivity contribution in [2.75, 3.05) is 18.4 Å². The van der Waals surface area contributed by atoms with Gasteiger partial charge >= 0.3 is 0 Å². The largest absolute Gasteiger partial charge is 0.424 e. The molecule has 170 valence electrons. The summed E-state index contributed by atoms with van der Waals surface area (Å²) < 4.78 is 20.3. The fourth-order valence-corrected chi connectivity index (χ4v) is 4.45. The molecule has 1 amide bonds. The lowest BCUT2D eigenvalue weighted by Crippen LogP contribution is -2.51. The number of benzene rings is 2. The molecule has 1 aliphatic rings. The first-order chi connectivity index (χ1) is 16.0. The molecular weight excluding hydrogens is 423 g/mol. The maximum atomic E-state index is 14.5. The molecule has 9 heteroatoms. The summed E-state index contributed by atoms with van der Waals surface area (Å²) in [4.78, 5) is 21.4. The van der Waals surface area contributed by atoms with E-state index >= 15 is 0 Å². The molecule has 0 saturated carbocycles. The zero-order valence-corrected chi connectivity index (χ0v) is 18.5. The SMILES string of the molecule is Cc1cc(-n2nccn2)c(C(=O)N2CCC[C@@H](C)[C@H]2CNc2nc3ccccc3o2)cc1F. The van der Waals surface area contributed by atoms with Crippen LogP contribution < -0.4 is 5.32 Å². The molecule has 1 fully saturated rings. The van der Waals surface area contributed by atoms with Gasteiger partial charge in [-0.25, -0.2) is 4.39 Å². The number of hydrogen-bond acceptors (Lipinski definition) is 6. The molecule has 2 atom stereocenters. The van der Waals surface area contributed by atoms with Crippen molar-refractivity contribution in [3.8, 4) is 5.69 Å². The highest BCUT2D eigenvalue weighted by Gasteiger charge is 2.34. The quantitative estimate of drug-likeness (QED) is 0.492. The minimum atomic E-state index is -0.430. The molecule has 1 N–H and O–H groups in total. The lowest BCUT2D eigenvalue weighted by atomic mass is 9.90. The summed E-state index contributed by atoms with van der Waals surface area (Å²) >= 11 is 0. The first-order valence-corrected chi connectivity index (χ1v) is 11.1. The summed E-state index contributed by atoms with van der Waals surface area (Å²) in [6.07, 6.45) is 4.95. The third-order valence-corrected chi connectivity index (χ3v) is 6.27. The summed E-state index contributed by atoms with van der Waals surface area (Å²) in [6, 6.07) is 10.8. The smallest absolute Gasteiger partial charge is 0.295 e. The van der Waals surface area contributed by atoms with Gasteiger partial charge in [0.15, 0.2) is 5.58 Å². The van der Waals surface area contributed by atoms with Crippen molar-refractivity contribution in [3.63, 3.8) is 0 Å². The van der Waals surface area contributed by atoms with Crippen LogP contribution in [-0.2, 0) is 0 Å². The van der Waals surface area contributed by atoms with Crippen molar-refractivity contribution in [2.24, 2.45) is 5.92 Å². The molecule has 3 heterocycles. The molecule has 1 saturated heterocycles. The van der Waals surface area contributed by atoms with Crippen LogP contribution in [0.2, 0.25) is 0 Å². The normalized spacial score (nSPS) is 18.6. The number of carbonyl (C=O) groups is 1. The van der Waals surface area contributed by atoms with Gasteiger partial charge in [0.1, 0.15) is 11.3 Å². The Hall–Kier alpha value is -3.75. The van der Waals surface area contributed by atoms with Gasteiger partial charge in [-0.3, -0.25) is 4.79 Å². The van der Waals surface area contributed by atoms with Crippen LogP contribution in [0, 0.1) is 18.7 Å². The molecule has 2 aromatic carbocycles. The average Bonchev–Trinajstić information content (AvgIpc) is 3.49. The van der Waals surface area contributed by atoms with Crippen molar-refractivity contribution in [3.05, 3.63) is 65.7 Å². The van der Waals surface area contributed by atoms with Crippen LogP contribution in [0.5, 0.6) is 0 Å². The number of fused-ring (bicyclic) bond motifs is 1. The Labute approximate surface area is 190 Å². The number of halogens is 1. The van der Waals surface area contributed by atoms with E-state index in [1.54, 1.807) is 13.0 Å². The van der Waals surface area contributed by atoms with Crippen molar-refractivity contribution in [1.82, 2.24) is 24.9 Å². The highest BCUT2D eigenvalue weighted by atomic mass is 19.1. The molecule has 2 aromatic heterocycles. The third kappa shape index (κ3) is 4.06. The summed E-state index contributed by atoms with van der Waals surface area (Å²) in [7, 11) is 0. The van der Waals surface area contributed by atoms with Gasteiger partial charge in [0.2, 0.25) is 0 Å². The number of anilines is 1. The second-order valence-electron chi connectivity index (χ2n) is 8.49. The van der Waals surface area contributed by atoms with Gasteiger partial charge in [0.25, 0.3) is 11.9 Å². The number of rotatable bonds is 5. The van der Waals surface area contributed by atoms with Crippen molar-refractivity contribution in [1.29, 1.82) is 0 Å². The van der Waals surface area contributed by atoms with Crippen LogP contribution in [0.1, 0.15) is 35.7 Å². The number of nitrogens with one attached hydrogen (secondary N) is 1. The summed E-state index contributed by atoms with van der Waals surface area (Å²) in [5.74, 6) is -0.418. The Morgan fingerprint density at radius 1 is 1.24 bits per heavy atom. The Kier molecular flexibility index (Phi) is 5.53. The lowest BCUT2D eigenvalue weighted by Gasteiger charge is -2.40. The molecule has 4 aromatic rings. The van der Waals surface area contributed by atoms with Crippen molar-refractivity contribution >= 4 is 23.0 Å². The number of piperidine rings is 1. The van der Waals surface area contributed by atoms with E-state index in [4.69, 9.17) is 4.42 Å². The minimum Gasteiger partial charge on any atom is -0.424 e. The van der Waals surface area contributed by atoms with Gasteiger partial charge < -0.3 is 14.6 Å². The molecule has 0 aliphatic carbocycles. The van der Waals surface area contributed by atoms with E-state index in [0.29, 0.717) is 35.9 Å². The zero-order chi connectivity index (χ0) is 22.9. The Morgan fingerprint density at radius 3 is 2.82 bits per heavy atom. The molecule has 0 unspecified atom stereocenters. The number of aryl methyl sites for hydroxylation is 1. The van der Waals surface area contributed by atoms with Crippen LogP contribution in [-0.4, -0.2) is 49.9 Å². The van der Waals surface area contributed by atoms with Gasteiger partial charge in [-0.1, -0.05) is 19.1 Å². The number of aromatic nitrogens is 4. The molecule has 0 spiro atoms. The number of para-hydroxylation sites is 2. The number of oxazole rings is 1. The van der Waals surface area contributed by atoms with Gasteiger partial charge in [-0.15, -0.1) is 0 Å². The fourth-order valence-electron chi connectivity index (χ4n) is 4.45. The van der Waals surface area contributed by atoms with Crippen LogP contribution >= 0.6 is 0 Å². The topological polar surface area (TPSA) is 89.1 Å². The highest BCUT2D eigenvalue weighted by Crippen LogP contribution is 2.28. The second-order valence-corrected chi connectivity index (χ2v) is 8.49. The van der Waals surface area contributed by atoms with Gasteiger partial charge in [-0.05, 0) is 55.5 Å². The van der Waals surface area contributed by atoms with Gasteiger partial charge in [-0.2, -0.15) is 20.0 Å². The molecular formula is C24H25FN6O2. The molecule has 1 aliphatic heterocycles. The monoisotopic (exact) mass is 448 g/mol. The maximum absolute atomic E-state index is 14.5. The Balaban J connectivity index is 1.43. The number of nitrogens with zero attached hydrogens (tertiary/aromatic N) is 5. The van der Waals surface area contributed by atoms with E-state index in [9.17, 15) is 9.18 Å². The number of hydrogen-bond donors (Lipinski definition) is 1. The zero-order valence-electron chi connectivity index (χ0n) is 18.5. The Bertz CT molecular complexity index is 1250. The molecule has 0 bridgehead atoms. The summed E-state index contributed by atoms with van der Waals surface area (Å²) in [6.45, 7) is 4.85. The summed E-state index contributed by atoms with van der Waals surface area (Å²) in [5, 5.41) is 11.6. The van der Waals surface area contributed by atoms with E-state index < -0.39 is 5.82 Å². The number of likely N-dealkylation sites (tertiary alicyclic amines) is 1. The molecule has 8 nitrogen and oxygen atoms in total. The molecule has 33 heavy (non-hydrogen) atoms. The lowest BCUT2D eigenvalue weighted by molar-refractivity contribution is 0.0538.